The molecule has 10 heavy (non-hydrogen) atoms. The zero-order valence-corrected chi connectivity index (χ0v) is 8.41. The lowest BCUT2D eigenvalue weighted by Crippen LogP contribution is -2.05. The summed E-state index contributed by atoms with van der Waals surface area (Å²) in [4.78, 5) is 10.4. The molecule has 3 heteroatoms. The molecule has 0 fully saturated rings. The largest absolute Gasteiger partial charge is 0.281 e. The summed E-state index contributed by atoms with van der Waals surface area (Å²) in [7, 11) is 0. The van der Waals surface area contributed by atoms with E-state index in [-0.39, 0.29) is 5.24 Å². The summed E-state index contributed by atoms with van der Waals surface area (Å²) < 4.78 is 0. The molecule has 0 saturated heterocycles. The molecule has 1 unspecified atom stereocenters. The second kappa shape index (κ2) is 6.17. The Balaban J connectivity index is 3.49. The molecule has 0 aromatic heterocycles. The van der Waals surface area contributed by atoms with Gasteiger partial charge in [0, 0.05) is 11.8 Å². The van der Waals surface area contributed by atoms with Crippen LogP contribution in [0.5, 0.6) is 0 Å². The van der Waals surface area contributed by atoms with E-state index in [1.54, 1.807) is 0 Å². The van der Waals surface area contributed by atoms with Crippen LogP contribution in [0.2, 0.25) is 0 Å². The van der Waals surface area contributed by atoms with Crippen molar-refractivity contribution in [3.8, 4) is 0 Å². The Morgan fingerprint density at radius 1 is 1.70 bits per heavy atom. The van der Waals surface area contributed by atoms with Gasteiger partial charge in [-0.05, 0) is 23.9 Å². The lowest BCUT2D eigenvalue weighted by Gasteiger charge is -2.08. The highest BCUT2D eigenvalue weighted by Crippen LogP contribution is 2.15. The third kappa shape index (κ3) is 5.24. The first-order chi connectivity index (χ1) is 4.70. The molecule has 0 spiro atoms. The Hall–Kier alpha value is 0.440. The maximum atomic E-state index is 10.4. The first kappa shape index (κ1) is 10.4. The van der Waals surface area contributed by atoms with E-state index in [1.807, 2.05) is 0 Å². The molecule has 0 aromatic rings. The molecular formula is C7H12BrClO. The average molecular weight is 228 g/mol. The molecule has 0 aliphatic heterocycles. The van der Waals surface area contributed by atoms with Gasteiger partial charge >= 0.3 is 0 Å². The van der Waals surface area contributed by atoms with Gasteiger partial charge in [0.25, 0.3) is 0 Å². The SMILES string of the molecule is CCCC(CBr)CC(=O)Cl. The number of hydrogen-bond acceptors (Lipinski definition) is 1. The van der Waals surface area contributed by atoms with Gasteiger partial charge in [-0.2, -0.15) is 0 Å². The minimum absolute atomic E-state index is 0.224. The molecule has 0 bridgehead atoms. The molecule has 0 aliphatic rings. The van der Waals surface area contributed by atoms with Crippen LogP contribution in [0.4, 0.5) is 0 Å². The summed E-state index contributed by atoms with van der Waals surface area (Å²) in [6.45, 7) is 2.11. The second-order valence-corrected chi connectivity index (χ2v) is 3.44. The lowest BCUT2D eigenvalue weighted by molar-refractivity contribution is -0.112. The summed E-state index contributed by atoms with van der Waals surface area (Å²) in [5.41, 5.74) is 0. The van der Waals surface area contributed by atoms with Crippen molar-refractivity contribution in [3.63, 3.8) is 0 Å². The minimum Gasteiger partial charge on any atom is -0.281 e. The van der Waals surface area contributed by atoms with Crippen LogP contribution in [0.15, 0.2) is 0 Å². The topological polar surface area (TPSA) is 17.1 Å². The van der Waals surface area contributed by atoms with E-state index in [1.165, 1.54) is 0 Å². The molecule has 0 N–H and O–H groups in total. The van der Waals surface area contributed by atoms with Crippen LogP contribution in [0.25, 0.3) is 0 Å². The second-order valence-electron chi connectivity index (χ2n) is 2.37. The Labute approximate surface area is 75.3 Å². The van der Waals surface area contributed by atoms with Gasteiger partial charge in [0.05, 0.1) is 0 Å². The Kier molecular flexibility index (Phi) is 6.44. The third-order valence-corrected chi connectivity index (χ3v) is 2.43. The van der Waals surface area contributed by atoms with Crippen LogP contribution < -0.4 is 0 Å². The molecule has 0 heterocycles. The third-order valence-electron chi connectivity index (χ3n) is 1.36. The van der Waals surface area contributed by atoms with Crippen LogP contribution >= 0.6 is 27.5 Å². The molecule has 0 aromatic carbocycles. The van der Waals surface area contributed by atoms with E-state index in [2.05, 4.69) is 22.9 Å². The predicted molar refractivity (Wildman–Crippen MR) is 47.7 cm³/mol. The zero-order valence-electron chi connectivity index (χ0n) is 6.07. The Morgan fingerprint density at radius 2 is 2.30 bits per heavy atom. The van der Waals surface area contributed by atoms with Crippen molar-refractivity contribution < 1.29 is 4.79 Å². The monoisotopic (exact) mass is 226 g/mol. The normalized spacial score (nSPS) is 13.1. The van der Waals surface area contributed by atoms with Crippen molar-refractivity contribution in [1.82, 2.24) is 0 Å². The fourth-order valence-electron chi connectivity index (χ4n) is 0.869. The average Bonchev–Trinajstić information content (AvgIpc) is 1.86. The van der Waals surface area contributed by atoms with Gasteiger partial charge in [-0.1, -0.05) is 29.3 Å². The minimum atomic E-state index is -0.224. The van der Waals surface area contributed by atoms with Crippen LogP contribution in [0.1, 0.15) is 26.2 Å². The number of carbonyl (C=O) groups excluding carboxylic acids is 1. The molecule has 0 aliphatic carbocycles. The van der Waals surface area contributed by atoms with Gasteiger partial charge < -0.3 is 0 Å². The fraction of sp³-hybridized carbons (Fsp3) is 0.857. The van der Waals surface area contributed by atoms with Crippen molar-refractivity contribution >= 4 is 32.8 Å². The molecule has 1 atom stereocenters. The highest BCUT2D eigenvalue weighted by molar-refractivity contribution is 9.09. The maximum absolute atomic E-state index is 10.4. The standard InChI is InChI=1S/C7H12BrClO/c1-2-3-6(5-8)4-7(9)10/h6H,2-5H2,1H3. The summed E-state index contributed by atoms with van der Waals surface area (Å²) in [6, 6.07) is 0. The summed E-state index contributed by atoms with van der Waals surface area (Å²) in [5.74, 6) is 0.426. The number of alkyl halides is 1. The first-order valence-corrected chi connectivity index (χ1v) is 4.95. The molecule has 0 amide bonds. The summed E-state index contributed by atoms with van der Waals surface area (Å²) >= 11 is 8.56. The van der Waals surface area contributed by atoms with Crippen LogP contribution in [0.3, 0.4) is 0 Å². The first-order valence-electron chi connectivity index (χ1n) is 3.45. The number of hydrogen-bond donors (Lipinski definition) is 0. The summed E-state index contributed by atoms with van der Waals surface area (Å²) in [6.07, 6.45) is 2.69. The lowest BCUT2D eigenvalue weighted by atomic mass is 10.0. The van der Waals surface area contributed by atoms with E-state index >= 15 is 0 Å². The molecule has 0 radical (unpaired) electrons. The van der Waals surface area contributed by atoms with Crippen LogP contribution in [0, 0.1) is 5.92 Å². The molecule has 0 saturated carbocycles. The van der Waals surface area contributed by atoms with E-state index < -0.39 is 0 Å². The highest BCUT2D eigenvalue weighted by atomic mass is 79.9. The van der Waals surface area contributed by atoms with E-state index in [4.69, 9.17) is 11.6 Å². The Morgan fingerprint density at radius 3 is 2.60 bits per heavy atom. The van der Waals surface area contributed by atoms with Crippen molar-refractivity contribution in [2.75, 3.05) is 5.33 Å². The number of rotatable bonds is 5. The van der Waals surface area contributed by atoms with Gasteiger partial charge in [-0.25, -0.2) is 0 Å². The van der Waals surface area contributed by atoms with E-state index in [0.717, 1.165) is 18.2 Å². The smallest absolute Gasteiger partial charge is 0.221 e. The van der Waals surface area contributed by atoms with Gasteiger partial charge in [0.15, 0.2) is 0 Å². The van der Waals surface area contributed by atoms with Crippen LogP contribution in [-0.2, 0) is 4.79 Å². The van der Waals surface area contributed by atoms with E-state index in [9.17, 15) is 4.79 Å². The molecular weight excluding hydrogens is 215 g/mol. The van der Waals surface area contributed by atoms with Crippen molar-refractivity contribution in [3.05, 3.63) is 0 Å². The quantitative estimate of drug-likeness (QED) is 0.521. The zero-order chi connectivity index (χ0) is 7.98. The summed E-state index contributed by atoms with van der Waals surface area (Å²) in [5, 5.41) is 0.650. The van der Waals surface area contributed by atoms with Gasteiger partial charge in [0.2, 0.25) is 5.24 Å². The molecule has 0 rings (SSSR count). The van der Waals surface area contributed by atoms with E-state index in [0.29, 0.717) is 12.3 Å². The van der Waals surface area contributed by atoms with Crippen molar-refractivity contribution in [2.24, 2.45) is 5.92 Å². The Bertz CT molecular complexity index is 106. The number of carbonyl (C=O) groups is 1. The fourth-order valence-corrected chi connectivity index (χ4v) is 1.64. The highest BCUT2D eigenvalue weighted by Gasteiger charge is 2.08. The number of halogens is 2. The predicted octanol–water partition coefficient (Wildman–Crippen LogP) is 2.95. The van der Waals surface area contributed by atoms with Crippen LogP contribution in [-0.4, -0.2) is 10.6 Å². The van der Waals surface area contributed by atoms with Crippen molar-refractivity contribution in [1.29, 1.82) is 0 Å². The van der Waals surface area contributed by atoms with Gasteiger partial charge in [0.1, 0.15) is 0 Å². The van der Waals surface area contributed by atoms with Gasteiger partial charge in [-0.3, -0.25) is 4.79 Å². The van der Waals surface area contributed by atoms with Gasteiger partial charge in [-0.15, -0.1) is 0 Å². The molecule has 60 valence electrons. The molecule has 1 nitrogen and oxygen atoms in total. The van der Waals surface area contributed by atoms with Crippen molar-refractivity contribution in [2.45, 2.75) is 26.2 Å². The maximum Gasteiger partial charge on any atom is 0.221 e.